The Hall–Kier alpha value is -1.00. The van der Waals surface area contributed by atoms with Crippen molar-refractivity contribution in [1.82, 2.24) is 0 Å². The summed E-state index contributed by atoms with van der Waals surface area (Å²) in [6.45, 7) is 0.834. The average Bonchev–Trinajstić information content (AvgIpc) is 2.49. The minimum atomic E-state index is -0.187. The van der Waals surface area contributed by atoms with E-state index in [1.54, 1.807) is 0 Å². The second-order valence-corrected chi connectivity index (χ2v) is 6.21. The molecule has 0 atom stereocenters. The van der Waals surface area contributed by atoms with Gasteiger partial charge in [0.1, 0.15) is 0 Å². The monoisotopic (exact) mass is 311 g/mol. The first-order valence-electron chi connectivity index (χ1n) is 7.77. The van der Waals surface area contributed by atoms with Crippen molar-refractivity contribution in [2.45, 2.75) is 44.9 Å². The maximum atomic E-state index is 10.6. The van der Waals surface area contributed by atoms with Gasteiger partial charge in [-0.3, -0.25) is 4.79 Å². The van der Waals surface area contributed by atoms with Gasteiger partial charge in [0.25, 0.3) is 0 Å². The average molecular weight is 311 g/mol. The van der Waals surface area contributed by atoms with Crippen LogP contribution >= 0.6 is 11.8 Å². The van der Waals surface area contributed by atoms with Gasteiger partial charge in [0, 0.05) is 14.5 Å². The Bertz CT molecular complexity index is 376. The largest absolute Gasteiger partial charge is 0.371 e. The van der Waals surface area contributed by atoms with Crippen LogP contribution in [0.5, 0.6) is 0 Å². The second kappa shape index (κ2) is 12.7. The molecule has 4 heteroatoms. The van der Waals surface area contributed by atoms with Crippen LogP contribution in [0.1, 0.15) is 45.5 Å². The number of unbranched alkanes of at least 4 members (excludes halogenated alkanes) is 3. The molecule has 0 spiro atoms. The van der Waals surface area contributed by atoms with Gasteiger partial charge in [-0.05, 0) is 37.0 Å². The number of amides is 1. The second-order valence-electron chi connectivity index (χ2n) is 5.15. The first kappa shape index (κ1) is 18.1. The fourth-order valence-electron chi connectivity index (χ4n) is 2.06. The lowest BCUT2D eigenvalue weighted by molar-refractivity contribution is -0.118. The molecule has 1 amide bonds. The van der Waals surface area contributed by atoms with Crippen molar-refractivity contribution in [3.63, 3.8) is 0 Å². The summed E-state index contributed by atoms with van der Waals surface area (Å²) in [6.07, 6.45) is 7.09. The number of thioether (sulfide) groups is 1. The predicted octanol–water partition coefficient (Wildman–Crippen LogP) is 4.01. The van der Waals surface area contributed by atoms with E-state index in [1.165, 1.54) is 18.4 Å². The van der Waals surface area contributed by atoms with Crippen molar-refractivity contribution < 1.29 is 11.0 Å². The Kier molecular flexibility index (Phi) is 10.9. The first-order valence-corrected chi connectivity index (χ1v) is 8.92. The van der Waals surface area contributed by atoms with E-state index in [-0.39, 0.29) is 7.33 Å². The molecular formula is C17H29NO2S. The molecule has 0 aromatic heterocycles. The summed E-state index contributed by atoms with van der Waals surface area (Å²) < 4.78 is 5.62. The molecule has 0 radical (unpaired) electrons. The van der Waals surface area contributed by atoms with E-state index in [1.807, 2.05) is 17.8 Å². The summed E-state index contributed by atoms with van der Waals surface area (Å²) in [5.41, 5.74) is 6.47. The van der Waals surface area contributed by atoms with Gasteiger partial charge in [-0.1, -0.05) is 43.2 Å². The van der Waals surface area contributed by atoms with Crippen LogP contribution in [-0.4, -0.2) is 24.2 Å². The number of carbonyl (C=O) groups excluding carboxylic acids is 1. The summed E-state index contributed by atoms with van der Waals surface area (Å²) in [4.78, 5) is 10.6. The summed E-state index contributed by atoms with van der Waals surface area (Å²) in [5, 5.41) is 0. The number of ether oxygens (including phenoxy) is 1. The molecule has 0 fully saturated rings. The standard InChI is InChI=1S/C17H27NO2S.H2/c18-17(19)12-6-1-2-7-14-21-15-20-13-8-11-16-9-4-3-5-10-16;/h3-5,9-10H,1-2,6-8,11-15H2,(H2,18,19);1H. The van der Waals surface area contributed by atoms with E-state index < -0.39 is 0 Å². The van der Waals surface area contributed by atoms with Crippen LogP contribution in [0.3, 0.4) is 0 Å². The SMILES string of the molecule is NC(=O)CCCCCCSCOCCCc1ccccc1.[HH]. The Morgan fingerprint density at radius 1 is 1.10 bits per heavy atom. The van der Waals surface area contributed by atoms with Crippen molar-refractivity contribution in [3.05, 3.63) is 35.9 Å². The Balaban J connectivity index is 0.00000441. The van der Waals surface area contributed by atoms with Crippen molar-refractivity contribution in [2.75, 3.05) is 18.3 Å². The Labute approximate surface area is 134 Å². The molecule has 0 unspecified atom stereocenters. The molecule has 3 nitrogen and oxygen atoms in total. The lowest BCUT2D eigenvalue weighted by atomic mass is 10.1. The first-order chi connectivity index (χ1) is 10.3. The van der Waals surface area contributed by atoms with Crippen molar-refractivity contribution >= 4 is 17.7 Å². The maximum Gasteiger partial charge on any atom is 0.217 e. The van der Waals surface area contributed by atoms with Crippen LogP contribution in [0, 0.1) is 0 Å². The molecule has 120 valence electrons. The van der Waals surface area contributed by atoms with Crippen LogP contribution in [0.4, 0.5) is 0 Å². The van der Waals surface area contributed by atoms with E-state index in [4.69, 9.17) is 10.5 Å². The third-order valence-corrected chi connectivity index (χ3v) is 4.14. The van der Waals surface area contributed by atoms with Crippen LogP contribution in [0.25, 0.3) is 0 Å². The number of nitrogens with two attached hydrogens (primary N) is 1. The topological polar surface area (TPSA) is 52.3 Å². The lowest BCUT2D eigenvalue weighted by Gasteiger charge is -2.04. The number of carbonyl (C=O) groups is 1. The number of aryl methyl sites for hydroxylation is 1. The van der Waals surface area contributed by atoms with Gasteiger partial charge in [0.05, 0.1) is 5.94 Å². The maximum absolute atomic E-state index is 10.6. The van der Waals surface area contributed by atoms with E-state index in [0.717, 1.165) is 44.0 Å². The molecule has 21 heavy (non-hydrogen) atoms. The number of hydrogen-bond acceptors (Lipinski definition) is 3. The molecule has 0 aliphatic heterocycles. The van der Waals surface area contributed by atoms with Crippen LogP contribution < -0.4 is 5.73 Å². The summed E-state index contributed by atoms with van der Waals surface area (Å²) in [7, 11) is 0. The number of benzene rings is 1. The van der Waals surface area contributed by atoms with Gasteiger partial charge in [-0.2, -0.15) is 0 Å². The zero-order valence-corrected chi connectivity index (χ0v) is 13.6. The van der Waals surface area contributed by atoms with Crippen molar-refractivity contribution in [2.24, 2.45) is 5.73 Å². The highest BCUT2D eigenvalue weighted by atomic mass is 32.2. The van der Waals surface area contributed by atoms with Crippen molar-refractivity contribution in [1.29, 1.82) is 0 Å². The molecular weight excluding hydrogens is 282 g/mol. The van der Waals surface area contributed by atoms with E-state index in [2.05, 4.69) is 24.3 Å². The quantitative estimate of drug-likeness (QED) is 0.442. The third kappa shape index (κ3) is 11.3. The Morgan fingerprint density at radius 2 is 1.86 bits per heavy atom. The highest BCUT2D eigenvalue weighted by Crippen LogP contribution is 2.09. The fraction of sp³-hybridized carbons (Fsp3) is 0.588. The molecule has 0 saturated heterocycles. The molecule has 2 N–H and O–H groups in total. The summed E-state index contributed by atoms with van der Waals surface area (Å²) >= 11 is 1.85. The highest BCUT2D eigenvalue weighted by Gasteiger charge is 1.96. The molecule has 1 rings (SSSR count). The van der Waals surface area contributed by atoms with E-state index >= 15 is 0 Å². The summed E-state index contributed by atoms with van der Waals surface area (Å²) in [6, 6.07) is 10.5. The minimum Gasteiger partial charge on any atom is -0.371 e. The smallest absolute Gasteiger partial charge is 0.217 e. The van der Waals surface area contributed by atoms with Gasteiger partial charge in [-0.15, -0.1) is 11.8 Å². The Morgan fingerprint density at radius 3 is 2.62 bits per heavy atom. The molecule has 1 aromatic carbocycles. The minimum absolute atomic E-state index is 0. The molecule has 0 aliphatic rings. The van der Waals surface area contributed by atoms with Gasteiger partial charge in [0.2, 0.25) is 5.91 Å². The molecule has 1 aromatic rings. The molecule has 0 aliphatic carbocycles. The zero-order valence-electron chi connectivity index (χ0n) is 12.8. The van der Waals surface area contributed by atoms with Crippen molar-refractivity contribution in [3.8, 4) is 0 Å². The number of primary amides is 1. The van der Waals surface area contributed by atoms with E-state index in [0.29, 0.717) is 6.42 Å². The normalized spacial score (nSPS) is 10.7. The summed E-state index contributed by atoms with van der Waals surface area (Å²) in [5.74, 6) is 1.74. The van der Waals surface area contributed by atoms with Gasteiger partial charge < -0.3 is 10.5 Å². The lowest BCUT2D eigenvalue weighted by Crippen LogP contribution is -2.09. The molecule has 0 bridgehead atoms. The predicted molar refractivity (Wildman–Crippen MR) is 92.4 cm³/mol. The number of rotatable bonds is 13. The number of hydrogen-bond donors (Lipinski definition) is 1. The van der Waals surface area contributed by atoms with Gasteiger partial charge >= 0.3 is 0 Å². The van der Waals surface area contributed by atoms with Gasteiger partial charge in [-0.25, -0.2) is 0 Å². The third-order valence-electron chi connectivity index (χ3n) is 3.23. The molecule has 0 saturated carbocycles. The van der Waals surface area contributed by atoms with Crippen LogP contribution in [0.2, 0.25) is 0 Å². The highest BCUT2D eigenvalue weighted by molar-refractivity contribution is 7.99. The fourth-order valence-corrected chi connectivity index (χ4v) is 2.82. The molecule has 0 heterocycles. The zero-order chi connectivity index (χ0) is 15.2. The van der Waals surface area contributed by atoms with E-state index in [9.17, 15) is 4.79 Å². The van der Waals surface area contributed by atoms with Crippen LogP contribution in [0.15, 0.2) is 30.3 Å². The van der Waals surface area contributed by atoms with Crippen LogP contribution in [-0.2, 0) is 16.0 Å². The van der Waals surface area contributed by atoms with Gasteiger partial charge in [0.15, 0.2) is 0 Å².